The van der Waals surface area contributed by atoms with Gasteiger partial charge >= 0.3 is 0 Å². The number of aromatic nitrogens is 1. The molecule has 1 fully saturated rings. The number of carbonyl (C=O) groups is 3. The summed E-state index contributed by atoms with van der Waals surface area (Å²) in [4.78, 5) is 40.4. The van der Waals surface area contributed by atoms with Gasteiger partial charge in [0.1, 0.15) is 17.4 Å². The summed E-state index contributed by atoms with van der Waals surface area (Å²) in [7, 11) is 0. The number of alkyl halides is 2. The van der Waals surface area contributed by atoms with Crippen LogP contribution in [0.3, 0.4) is 0 Å². The maximum absolute atomic E-state index is 14.6. The fourth-order valence-corrected chi connectivity index (χ4v) is 5.14. The number of rotatable bonds is 9. The van der Waals surface area contributed by atoms with Gasteiger partial charge in [0, 0.05) is 13.0 Å². The van der Waals surface area contributed by atoms with Crippen LogP contribution in [-0.4, -0.2) is 70.3 Å². The Hall–Kier alpha value is -4.52. The molecule has 3 amide bonds. The van der Waals surface area contributed by atoms with E-state index in [9.17, 15) is 28.3 Å². The van der Waals surface area contributed by atoms with Crippen molar-refractivity contribution in [3.8, 4) is 11.5 Å². The third-order valence-corrected chi connectivity index (χ3v) is 7.27. The molecule has 0 spiro atoms. The minimum absolute atomic E-state index is 0.00768. The second-order valence-corrected chi connectivity index (χ2v) is 10.4. The first-order valence-corrected chi connectivity index (χ1v) is 13.3. The number of amides is 3. The Bertz CT molecular complexity index is 1460. The van der Waals surface area contributed by atoms with E-state index in [2.05, 4.69) is 15.8 Å². The van der Waals surface area contributed by atoms with Crippen LogP contribution >= 0.6 is 0 Å². The SMILES string of the molecule is Cc1noc(C)c1C(=O)NC(Cc1ccccc1)C(O)C(=O)N1CC(F)(F)CC1C(=O)NCc1ccc2c(c1)OCO2. The molecule has 222 valence electrons. The molecular formula is C29H30F2N4O7. The Morgan fingerprint density at radius 3 is 2.55 bits per heavy atom. The highest BCUT2D eigenvalue weighted by Crippen LogP contribution is 2.34. The summed E-state index contributed by atoms with van der Waals surface area (Å²) >= 11 is 0. The number of nitrogens with zero attached hydrogens (tertiary/aromatic N) is 2. The van der Waals surface area contributed by atoms with Crippen LogP contribution < -0.4 is 20.1 Å². The number of aryl methyl sites for hydroxylation is 2. The standard InChI is InChI=1S/C29H30F2N4O7/c1-16-24(17(2)42-34-16)27(38)33-20(10-18-6-4-3-5-7-18)25(36)28(39)35-14-29(30,31)12-21(35)26(37)32-13-19-8-9-22-23(11-19)41-15-40-22/h3-9,11,20-21,25,36H,10,12-15H2,1-2H3,(H,32,37)(H,33,38). The molecular weight excluding hydrogens is 554 g/mol. The Balaban J connectivity index is 1.33. The summed E-state index contributed by atoms with van der Waals surface area (Å²) in [5, 5.41) is 20.2. The quantitative estimate of drug-likeness (QED) is 0.348. The summed E-state index contributed by atoms with van der Waals surface area (Å²) in [5.74, 6) is -4.62. The van der Waals surface area contributed by atoms with Gasteiger partial charge in [0.25, 0.3) is 17.7 Å². The van der Waals surface area contributed by atoms with Gasteiger partial charge in [-0.3, -0.25) is 14.4 Å². The van der Waals surface area contributed by atoms with E-state index in [0.717, 1.165) is 0 Å². The molecule has 0 saturated carbocycles. The van der Waals surface area contributed by atoms with Crippen molar-refractivity contribution >= 4 is 17.7 Å². The van der Waals surface area contributed by atoms with Crippen molar-refractivity contribution in [2.24, 2.45) is 0 Å². The highest BCUT2D eigenvalue weighted by atomic mass is 19.3. The number of ether oxygens (including phenoxy) is 2. The number of aliphatic hydroxyl groups is 1. The lowest BCUT2D eigenvalue weighted by Gasteiger charge is -2.30. The van der Waals surface area contributed by atoms with Crippen molar-refractivity contribution in [3.63, 3.8) is 0 Å². The predicted octanol–water partition coefficient (Wildman–Crippen LogP) is 2.27. The van der Waals surface area contributed by atoms with Crippen LogP contribution in [0.1, 0.15) is 39.4 Å². The number of fused-ring (bicyclic) bond motifs is 1. The Morgan fingerprint density at radius 1 is 1.10 bits per heavy atom. The summed E-state index contributed by atoms with van der Waals surface area (Å²) in [5.41, 5.74) is 1.77. The summed E-state index contributed by atoms with van der Waals surface area (Å²) < 4.78 is 44.8. The van der Waals surface area contributed by atoms with Crippen LogP contribution in [0.4, 0.5) is 8.78 Å². The number of benzene rings is 2. The lowest BCUT2D eigenvalue weighted by atomic mass is 9.99. The second kappa shape index (κ2) is 11.8. The number of likely N-dealkylation sites (tertiary alicyclic amines) is 1. The molecule has 13 heteroatoms. The zero-order chi connectivity index (χ0) is 30.0. The van der Waals surface area contributed by atoms with Crippen molar-refractivity contribution in [3.05, 3.63) is 76.7 Å². The van der Waals surface area contributed by atoms with E-state index in [1.54, 1.807) is 62.4 Å². The van der Waals surface area contributed by atoms with Gasteiger partial charge in [0.15, 0.2) is 17.6 Å². The molecule has 3 heterocycles. The molecule has 0 bridgehead atoms. The highest BCUT2D eigenvalue weighted by Gasteiger charge is 2.51. The van der Waals surface area contributed by atoms with Gasteiger partial charge in [-0.1, -0.05) is 41.6 Å². The number of nitrogens with one attached hydrogen (secondary N) is 2. The fraction of sp³-hybridized carbons (Fsp3) is 0.379. The van der Waals surface area contributed by atoms with E-state index < -0.39 is 54.8 Å². The molecule has 1 aromatic heterocycles. The van der Waals surface area contributed by atoms with E-state index in [0.29, 0.717) is 33.2 Å². The van der Waals surface area contributed by atoms with Crippen molar-refractivity contribution < 1.29 is 42.3 Å². The Labute approximate surface area is 239 Å². The molecule has 3 aromatic rings. The minimum atomic E-state index is -3.36. The van der Waals surface area contributed by atoms with E-state index in [-0.39, 0.29) is 31.1 Å². The van der Waals surface area contributed by atoms with Crippen LogP contribution in [0.2, 0.25) is 0 Å². The Morgan fingerprint density at radius 2 is 1.83 bits per heavy atom. The van der Waals surface area contributed by atoms with Crippen molar-refractivity contribution in [1.82, 2.24) is 20.7 Å². The molecule has 0 radical (unpaired) electrons. The fourth-order valence-electron chi connectivity index (χ4n) is 5.14. The Kier molecular flexibility index (Phi) is 8.12. The first-order chi connectivity index (χ1) is 20.0. The van der Waals surface area contributed by atoms with Crippen molar-refractivity contribution in [1.29, 1.82) is 0 Å². The highest BCUT2D eigenvalue weighted by molar-refractivity contribution is 5.97. The zero-order valence-electron chi connectivity index (χ0n) is 22.9. The zero-order valence-corrected chi connectivity index (χ0v) is 22.9. The molecule has 3 N–H and O–H groups in total. The van der Waals surface area contributed by atoms with Crippen LogP contribution in [0, 0.1) is 13.8 Å². The topological polar surface area (TPSA) is 143 Å². The normalized spacial score (nSPS) is 18.4. The molecule has 11 nitrogen and oxygen atoms in total. The number of halogens is 2. The first-order valence-electron chi connectivity index (χ1n) is 13.3. The lowest BCUT2D eigenvalue weighted by molar-refractivity contribution is -0.147. The van der Waals surface area contributed by atoms with Gasteiger partial charge in [-0.2, -0.15) is 0 Å². The van der Waals surface area contributed by atoms with Crippen molar-refractivity contribution in [2.45, 2.75) is 57.3 Å². The summed E-state index contributed by atoms with van der Waals surface area (Å²) in [6.07, 6.45) is -2.84. The number of aliphatic hydroxyl groups excluding tert-OH is 1. The third kappa shape index (κ3) is 6.20. The monoisotopic (exact) mass is 584 g/mol. The van der Waals surface area contributed by atoms with E-state index >= 15 is 0 Å². The van der Waals surface area contributed by atoms with Crippen LogP contribution in [0.25, 0.3) is 0 Å². The van der Waals surface area contributed by atoms with E-state index in [1.165, 1.54) is 0 Å². The second-order valence-electron chi connectivity index (χ2n) is 10.4. The number of hydrogen-bond donors (Lipinski definition) is 3. The van der Waals surface area contributed by atoms with E-state index in [1.807, 2.05) is 0 Å². The first kappa shape index (κ1) is 29.0. The largest absolute Gasteiger partial charge is 0.454 e. The minimum Gasteiger partial charge on any atom is -0.454 e. The average Bonchev–Trinajstić information content (AvgIpc) is 3.66. The molecule has 0 aliphatic carbocycles. The summed E-state index contributed by atoms with van der Waals surface area (Å²) in [6.45, 7) is 2.12. The van der Waals surface area contributed by atoms with Crippen molar-refractivity contribution in [2.75, 3.05) is 13.3 Å². The maximum atomic E-state index is 14.6. The molecule has 1 saturated heterocycles. The number of carbonyl (C=O) groups excluding carboxylic acids is 3. The molecule has 3 unspecified atom stereocenters. The molecule has 5 rings (SSSR count). The average molecular weight is 585 g/mol. The lowest BCUT2D eigenvalue weighted by Crippen LogP contribution is -2.56. The predicted molar refractivity (Wildman–Crippen MR) is 143 cm³/mol. The van der Waals surface area contributed by atoms with E-state index in [4.69, 9.17) is 14.0 Å². The van der Waals surface area contributed by atoms with Gasteiger partial charge in [0.05, 0.1) is 18.3 Å². The van der Waals surface area contributed by atoms with Crippen LogP contribution in [0.15, 0.2) is 53.1 Å². The van der Waals surface area contributed by atoms with Gasteiger partial charge in [-0.15, -0.1) is 0 Å². The smallest absolute Gasteiger partial charge is 0.267 e. The number of hydrogen-bond acceptors (Lipinski definition) is 8. The van der Waals surface area contributed by atoms with Gasteiger partial charge in [-0.05, 0) is 43.5 Å². The van der Waals surface area contributed by atoms with Gasteiger partial charge in [-0.25, -0.2) is 8.78 Å². The molecule has 2 aliphatic heterocycles. The maximum Gasteiger partial charge on any atom is 0.267 e. The molecule has 3 atom stereocenters. The van der Waals surface area contributed by atoms with Crippen LogP contribution in [-0.2, 0) is 22.6 Å². The molecule has 2 aromatic carbocycles. The molecule has 2 aliphatic rings. The molecule has 42 heavy (non-hydrogen) atoms. The van der Waals surface area contributed by atoms with Crippen LogP contribution in [0.5, 0.6) is 11.5 Å². The van der Waals surface area contributed by atoms with Gasteiger partial charge in [0.2, 0.25) is 12.7 Å². The van der Waals surface area contributed by atoms with Gasteiger partial charge < -0.3 is 34.6 Å². The third-order valence-electron chi connectivity index (χ3n) is 7.27. The summed E-state index contributed by atoms with van der Waals surface area (Å²) in [6, 6.07) is 11.0.